The van der Waals surface area contributed by atoms with Gasteiger partial charge in [0.05, 0.1) is 39.9 Å². The van der Waals surface area contributed by atoms with Crippen LogP contribution in [0.2, 0.25) is 5.02 Å². The lowest BCUT2D eigenvalue weighted by Crippen LogP contribution is -2.57. The van der Waals surface area contributed by atoms with Gasteiger partial charge in [-0.3, -0.25) is 14.4 Å². The van der Waals surface area contributed by atoms with E-state index in [2.05, 4.69) is 13.2 Å². The SMILES string of the molecule is C=CCN(C(=O)[C@@H]1[C@H]2C(=O)N([C@H](C)CO)C(C(=O)N(CC=C)c3ccccc3Cl)C23CC[C@H]1S3)c1ccccc1. The summed E-state index contributed by atoms with van der Waals surface area (Å²) < 4.78 is -0.792. The molecule has 1 N–H and O–H groups in total. The number of amides is 3. The van der Waals surface area contributed by atoms with Crippen molar-refractivity contribution in [2.45, 2.75) is 41.8 Å². The van der Waals surface area contributed by atoms with Crippen molar-refractivity contribution >= 4 is 52.5 Å². The molecule has 210 valence electrons. The van der Waals surface area contributed by atoms with Crippen LogP contribution in [0.25, 0.3) is 0 Å². The normalized spacial score (nSPS) is 27.3. The summed E-state index contributed by atoms with van der Waals surface area (Å²) in [5, 5.41) is 10.5. The number of fused-ring (bicyclic) bond motifs is 1. The van der Waals surface area contributed by atoms with Crippen molar-refractivity contribution < 1.29 is 19.5 Å². The van der Waals surface area contributed by atoms with Crippen LogP contribution in [0.3, 0.4) is 0 Å². The van der Waals surface area contributed by atoms with Crippen LogP contribution in [0.5, 0.6) is 0 Å². The lowest BCUT2D eigenvalue weighted by atomic mass is 9.70. The molecule has 9 heteroatoms. The summed E-state index contributed by atoms with van der Waals surface area (Å²) in [5.74, 6) is -1.94. The number of carbonyl (C=O) groups excluding carboxylic acids is 3. The zero-order chi connectivity index (χ0) is 28.6. The maximum absolute atomic E-state index is 14.5. The van der Waals surface area contributed by atoms with Crippen molar-refractivity contribution in [1.82, 2.24) is 4.90 Å². The van der Waals surface area contributed by atoms with E-state index in [1.165, 1.54) is 4.90 Å². The van der Waals surface area contributed by atoms with Gasteiger partial charge in [-0.1, -0.05) is 54.1 Å². The summed E-state index contributed by atoms with van der Waals surface area (Å²) in [7, 11) is 0. The molecule has 0 radical (unpaired) electrons. The molecule has 1 spiro atoms. The Morgan fingerprint density at radius 1 is 1.10 bits per heavy atom. The van der Waals surface area contributed by atoms with E-state index < -0.39 is 28.7 Å². The van der Waals surface area contributed by atoms with Crippen LogP contribution in [0.15, 0.2) is 79.9 Å². The fourth-order valence-electron chi connectivity index (χ4n) is 6.71. The zero-order valence-corrected chi connectivity index (χ0v) is 24.1. The van der Waals surface area contributed by atoms with Crippen LogP contribution >= 0.6 is 23.4 Å². The highest BCUT2D eigenvalue weighted by Crippen LogP contribution is 2.67. The number of rotatable bonds is 10. The average molecular weight is 580 g/mol. The van der Waals surface area contributed by atoms with Crippen molar-refractivity contribution in [3.63, 3.8) is 0 Å². The molecule has 3 aliphatic heterocycles. The molecule has 2 aromatic carbocycles. The van der Waals surface area contributed by atoms with Crippen molar-refractivity contribution in [3.05, 3.63) is 84.9 Å². The molecule has 3 saturated heterocycles. The van der Waals surface area contributed by atoms with Gasteiger partial charge in [-0.05, 0) is 44.0 Å². The Labute approximate surface area is 244 Å². The van der Waals surface area contributed by atoms with Crippen LogP contribution in [0.4, 0.5) is 11.4 Å². The number of aliphatic hydroxyl groups is 1. The minimum Gasteiger partial charge on any atom is -0.394 e. The van der Waals surface area contributed by atoms with E-state index in [4.69, 9.17) is 11.6 Å². The van der Waals surface area contributed by atoms with Crippen molar-refractivity contribution in [1.29, 1.82) is 0 Å². The van der Waals surface area contributed by atoms with E-state index >= 15 is 0 Å². The van der Waals surface area contributed by atoms with Gasteiger partial charge in [-0.25, -0.2) is 0 Å². The summed E-state index contributed by atoms with van der Waals surface area (Å²) >= 11 is 8.12. The van der Waals surface area contributed by atoms with Crippen LogP contribution < -0.4 is 9.80 Å². The second-order valence-corrected chi connectivity index (χ2v) is 12.6. The Kier molecular flexibility index (Phi) is 8.13. The van der Waals surface area contributed by atoms with Crippen molar-refractivity contribution in [2.75, 3.05) is 29.5 Å². The first-order valence-electron chi connectivity index (χ1n) is 13.6. The predicted molar refractivity (Wildman–Crippen MR) is 160 cm³/mol. The lowest BCUT2D eigenvalue weighted by Gasteiger charge is -2.39. The Morgan fingerprint density at radius 2 is 1.75 bits per heavy atom. The standard InChI is InChI=1S/C31H34ClN3O4S/c1-4-17-33(21-11-7-6-8-12-21)28(37)25-24-15-16-31(40-24)26(25)29(38)35(20(3)19-36)27(31)30(39)34(18-5-2)23-14-10-9-13-22(23)32/h4-14,20,24-27,36H,1-2,15-19H2,3H3/t20-,24-,25+,26+,27?,31?/m1/s1. The molecule has 0 aliphatic carbocycles. The molecule has 3 aliphatic rings. The molecular formula is C31H34ClN3O4S. The number of para-hydroxylation sites is 2. The highest BCUT2D eigenvalue weighted by atomic mass is 35.5. The second-order valence-electron chi connectivity index (χ2n) is 10.6. The van der Waals surface area contributed by atoms with Gasteiger partial charge in [0.2, 0.25) is 11.8 Å². The van der Waals surface area contributed by atoms with Crippen LogP contribution in [0, 0.1) is 11.8 Å². The van der Waals surface area contributed by atoms with E-state index in [1.54, 1.807) is 58.8 Å². The van der Waals surface area contributed by atoms with Crippen LogP contribution in [0.1, 0.15) is 19.8 Å². The monoisotopic (exact) mass is 579 g/mol. The van der Waals surface area contributed by atoms with Crippen molar-refractivity contribution in [2.24, 2.45) is 11.8 Å². The van der Waals surface area contributed by atoms with E-state index in [0.29, 0.717) is 23.7 Å². The summed E-state index contributed by atoms with van der Waals surface area (Å²) in [4.78, 5) is 47.9. The molecule has 7 nitrogen and oxygen atoms in total. The minimum atomic E-state index is -0.860. The number of hydrogen-bond acceptors (Lipinski definition) is 5. The fourth-order valence-corrected chi connectivity index (χ4v) is 9.14. The zero-order valence-electron chi connectivity index (χ0n) is 22.5. The number of anilines is 2. The van der Waals surface area contributed by atoms with Gasteiger partial charge in [0.1, 0.15) is 6.04 Å². The minimum absolute atomic E-state index is 0.0903. The Balaban J connectivity index is 1.58. The maximum atomic E-state index is 14.5. The van der Waals surface area contributed by atoms with Gasteiger partial charge in [-0.2, -0.15) is 0 Å². The van der Waals surface area contributed by atoms with Gasteiger partial charge in [0, 0.05) is 24.0 Å². The van der Waals surface area contributed by atoms with Gasteiger partial charge in [0.15, 0.2) is 0 Å². The number of hydrogen-bond donors (Lipinski definition) is 1. The number of thioether (sulfide) groups is 1. The van der Waals surface area contributed by atoms with Gasteiger partial charge < -0.3 is 19.8 Å². The molecule has 3 fully saturated rings. The number of carbonyl (C=O) groups is 3. The molecule has 5 rings (SSSR count). The molecule has 2 aromatic rings. The fraction of sp³-hybridized carbons (Fsp3) is 0.387. The first-order chi connectivity index (χ1) is 19.3. The molecule has 2 bridgehead atoms. The first-order valence-corrected chi connectivity index (χ1v) is 14.8. The van der Waals surface area contributed by atoms with Crippen LogP contribution in [-0.4, -0.2) is 69.5 Å². The van der Waals surface area contributed by atoms with E-state index in [-0.39, 0.29) is 36.1 Å². The number of aliphatic hydroxyl groups excluding tert-OH is 1. The first kappa shape index (κ1) is 28.5. The summed E-state index contributed by atoms with van der Waals surface area (Å²) in [5.41, 5.74) is 1.27. The third-order valence-electron chi connectivity index (χ3n) is 8.36. The molecular weight excluding hydrogens is 546 g/mol. The molecule has 3 amide bonds. The molecule has 0 aromatic heterocycles. The summed E-state index contributed by atoms with van der Waals surface area (Å²) in [6, 6.07) is 15.0. The largest absolute Gasteiger partial charge is 0.394 e. The number of benzene rings is 2. The van der Waals surface area contributed by atoms with E-state index in [9.17, 15) is 19.5 Å². The summed E-state index contributed by atoms with van der Waals surface area (Å²) in [6.07, 6.45) is 4.66. The van der Waals surface area contributed by atoms with Crippen molar-refractivity contribution in [3.8, 4) is 0 Å². The summed E-state index contributed by atoms with van der Waals surface area (Å²) in [6.45, 7) is 9.64. The quantitative estimate of drug-likeness (QED) is 0.418. The van der Waals surface area contributed by atoms with Gasteiger partial charge in [-0.15, -0.1) is 24.9 Å². The molecule has 3 heterocycles. The van der Waals surface area contributed by atoms with E-state index in [0.717, 1.165) is 12.1 Å². The van der Waals surface area contributed by atoms with Gasteiger partial charge in [0.25, 0.3) is 5.91 Å². The third-order valence-corrected chi connectivity index (χ3v) is 10.6. The molecule has 0 saturated carbocycles. The molecule has 6 atom stereocenters. The highest BCUT2D eigenvalue weighted by molar-refractivity contribution is 8.02. The third kappa shape index (κ3) is 4.46. The topological polar surface area (TPSA) is 81.2 Å². The average Bonchev–Trinajstić information content (AvgIpc) is 3.62. The Hall–Kier alpha value is -3.07. The molecule has 40 heavy (non-hydrogen) atoms. The Morgan fingerprint density at radius 3 is 2.40 bits per heavy atom. The number of nitrogens with zero attached hydrogens (tertiary/aromatic N) is 3. The molecule has 2 unspecified atom stereocenters. The smallest absolute Gasteiger partial charge is 0.251 e. The number of likely N-dealkylation sites (tertiary alicyclic amines) is 1. The number of halogens is 1. The predicted octanol–water partition coefficient (Wildman–Crippen LogP) is 4.55. The highest BCUT2D eigenvalue weighted by Gasteiger charge is 2.74. The Bertz CT molecular complexity index is 1320. The van der Waals surface area contributed by atoms with E-state index in [1.807, 2.05) is 36.4 Å². The van der Waals surface area contributed by atoms with Crippen LogP contribution in [-0.2, 0) is 14.4 Å². The van der Waals surface area contributed by atoms with Gasteiger partial charge >= 0.3 is 0 Å². The maximum Gasteiger partial charge on any atom is 0.251 e. The lowest BCUT2D eigenvalue weighted by molar-refractivity contribution is -0.141. The second kappa shape index (κ2) is 11.4.